The summed E-state index contributed by atoms with van der Waals surface area (Å²) in [7, 11) is 0. The lowest BCUT2D eigenvalue weighted by atomic mass is 10.2. The van der Waals surface area contributed by atoms with E-state index in [0.717, 1.165) is 31.7 Å². The summed E-state index contributed by atoms with van der Waals surface area (Å²) in [5.41, 5.74) is 1.26. The average Bonchev–Trinajstić information content (AvgIpc) is 2.54. The zero-order chi connectivity index (χ0) is 15.8. The molecule has 1 aromatic carbocycles. The van der Waals surface area contributed by atoms with Crippen LogP contribution >= 0.6 is 0 Å². The first-order valence-electron chi connectivity index (χ1n) is 7.95. The van der Waals surface area contributed by atoms with Crippen molar-refractivity contribution in [2.24, 2.45) is 0 Å². The minimum Gasteiger partial charge on any atom is -0.353 e. The predicted octanol–water partition coefficient (Wildman–Crippen LogP) is 3.50. The Morgan fingerprint density at radius 2 is 1.95 bits per heavy atom. The Balaban J connectivity index is 2.12. The van der Waals surface area contributed by atoms with Crippen molar-refractivity contribution in [3.63, 3.8) is 0 Å². The van der Waals surface area contributed by atoms with Gasteiger partial charge in [-0.2, -0.15) is 10.1 Å². The largest absolute Gasteiger partial charge is 0.353 e. The van der Waals surface area contributed by atoms with E-state index < -0.39 is 0 Å². The van der Waals surface area contributed by atoms with Crippen molar-refractivity contribution in [2.45, 2.75) is 46.2 Å². The van der Waals surface area contributed by atoms with Crippen LogP contribution < -0.4 is 10.2 Å². The van der Waals surface area contributed by atoms with Gasteiger partial charge < -0.3 is 10.2 Å². The molecule has 5 heteroatoms. The molecule has 22 heavy (non-hydrogen) atoms. The van der Waals surface area contributed by atoms with Crippen molar-refractivity contribution in [3.8, 4) is 0 Å². The highest BCUT2D eigenvalue weighted by Crippen LogP contribution is 2.17. The van der Waals surface area contributed by atoms with Gasteiger partial charge in [0.05, 0.1) is 6.20 Å². The first-order chi connectivity index (χ1) is 10.7. The first kappa shape index (κ1) is 16.2. The number of hydrogen-bond donors (Lipinski definition) is 1. The second-order valence-electron chi connectivity index (χ2n) is 5.63. The SMILES string of the molecule is CCCCNc1nncc(N(Cc2ccccc2)C(C)C)n1. The molecule has 0 bridgehead atoms. The molecule has 0 aliphatic heterocycles. The molecule has 5 nitrogen and oxygen atoms in total. The molecule has 0 spiro atoms. The molecule has 0 saturated carbocycles. The molecule has 0 fully saturated rings. The summed E-state index contributed by atoms with van der Waals surface area (Å²) in [5, 5.41) is 11.4. The fourth-order valence-electron chi connectivity index (χ4n) is 2.19. The smallest absolute Gasteiger partial charge is 0.244 e. The Hall–Kier alpha value is -2.17. The fraction of sp³-hybridized carbons (Fsp3) is 0.471. The highest BCUT2D eigenvalue weighted by Gasteiger charge is 2.14. The number of hydrogen-bond acceptors (Lipinski definition) is 5. The Bertz CT molecular complexity index is 556. The van der Waals surface area contributed by atoms with E-state index in [1.54, 1.807) is 6.20 Å². The molecule has 1 N–H and O–H groups in total. The van der Waals surface area contributed by atoms with E-state index in [4.69, 9.17) is 0 Å². The monoisotopic (exact) mass is 299 g/mol. The van der Waals surface area contributed by atoms with E-state index in [-0.39, 0.29) is 0 Å². The maximum Gasteiger partial charge on any atom is 0.244 e. The highest BCUT2D eigenvalue weighted by molar-refractivity contribution is 5.42. The van der Waals surface area contributed by atoms with Gasteiger partial charge in [0.15, 0.2) is 5.82 Å². The van der Waals surface area contributed by atoms with Crippen molar-refractivity contribution in [2.75, 3.05) is 16.8 Å². The first-order valence-corrected chi connectivity index (χ1v) is 7.95. The molecular formula is C17H25N5. The number of rotatable bonds is 8. The van der Waals surface area contributed by atoms with Crippen LogP contribution in [0.4, 0.5) is 11.8 Å². The number of nitrogens with zero attached hydrogens (tertiary/aromatic N) is 4. The van der Waals surface area contributed by atoms with Gasteiger partial charge in [0, 0.05) is 19.1 Å². The van der Waals surface area contributed by atoms with Crippen molar-refractivity contribution in [3.05, 3.63) is 42.1 Å². The van der Waals surface area contributed by atoms with Crippen LogP contribution in [0.2, 0.25) is 0 Å². The van der Waals surface area contributed by atoms with Gasteiger partial charge in [-0.15, -0.1) is 5.10 Å². The minimum atomic E-state index is 0.334. The number of benzene rings is 1. The standard InChI is InChI=1S/C17H25N5/c1-4-5-11-18-17-20-16(12-19-21-17)22(14(2)3)13-15-9-7-6-8-10-15/h6-10,12,14H,4-5,11,13H2,1-3H3,(H,18,20,21). The van der Waals surface area contributed by atoms with E-state index in [9.17, 15) is 0 Å². The lowest BCUT2D eigenvalue weighted by Crippen LogP contribution is -2.31. The van der Waals surface area contributed by atoms with Gasteiger partial charge in [-0.3, -0.25) is 0 Å². The van der Waals surface area contributed by atoms with Crippen LogP contribution in [0.1, 0.15) is 39.2 Å². The number of aromatic nitrogens is 3. The van der Waals surface area contributed by atoms with Gasteiger partial charge >= 0.3 is 0 Å². The third kappa shape index (κ3) is 4.69. The van der Waals surface area contributed by atoms with E-state index in [0.29, 0.717) is 12.0 Å². The fourth-order valence-corrected chi connectivity index (χ4v) is 2.19. The molecule has 0 amide bonds. The second kappa shape index (κ2) is 8.32. The van der Waals surface area contributed by atoms with E-state index >= 15 is 0 Å². The maximum atomic E-state index is 4.60. The molecule has 1 aromatic heterocycles. The van der Waals surface area contributed by atoms with Gasteiger partial charge in [-0.05, 0) is 25.8 Å². The van der Waals surface area contributed by atoms with E-state index in [2.05, 4.69) is 70.4 Å². The van der Waals surface area contributed by atoms with Gasteiger partial charge in [0.2, 0.25) is 5.95 Å². The van der Waals surface area contributed by atoms with Crippen molar-refractivity contribution in [1.29, 1.82) is 0 Å². The zero-order valence-electron chi connectivity index (χ0n) is 13.7. The molecule has 0 aliphatic carbocycles. The minimum absolute atomic E-state index is 0.334. The molecule has 0 atom stereocenters. The number of unbranched alkanes of at least 4 members (excludes halogenated alkanes) is 1. The summed E-state index contributed by atoms with van der Waals surface area (Å²) < 4.78 is 0. The molecule has 0 aliphatic rings. The number of nitrogens with one attached hydrogen (secondary N) is 1. The Morgan fingerprint density at radius 3 is 2.64 bits per heavy atom. The quantitative estimate of drug-likeness (QED) is 0.756. The molecule has 118 valence electrons. The maximum absolute atomic E-state index is 4.60. The van der Waals surface area contributed by atoms with E-state index in [1.165, 1.54) is 5.56 Å². The van der Waals surface area contributed by atoms with Crippen LogP contribution in [-0.4, -0.2) is 27.8 Å². The molecule has 1 heterocycles. The molecule has 0 unspecified atom stereocenters. The van der Waals surface area contributed by atoms with Crippen molar-refractivity contribution >= 4 is 11.8 Å². The summed E-state index contributed by atoms with van der Waals surface area (Å²) in [6.07, 6.45) is 3.98. The summed E-state index contributed by atoms with van der Waals surface area (Å²) >= 11 is 0. The van der Waals surface area contributed by atoms with Crippen molar-refractivity contribution < 1.29 is 0 Å². The van der Waals surface area contributed by atoms with Gasteiger partial charge in [-0.1, -0.05) is 43.7 Å². The van der Waals surface area contributed by atoms with Gasteiger partial charge in [0.1, 0.15) is 0 Å². The Labute approximate surface area is 132 Å². The number of anilines is 2. The highest BCUT2D eigenvalue weighted by atomic mass is 15.3. The molecular weight excluding hydrogens is 274 g/mol. The molecule has 0 radical (unpaired) electrons. The summed E-state index contributed by atoms with van der Waals surface area (Å²) in [6, 6.07) is 10.7. The second-order valence-corrected chi connectivity index (χ2v) is 5.63. The lowest BCUT2D eigenvalue weighted by molar-refractivity contribution is 0.667. The third-order valence-corrected chi connectivity index (χ3v) is 3.47. The lowest BCUT2D eigenvalue weighted by Gasteiger charge is -2.27. The van der Waals surface area contributed by atoms with Crippen LogP contribution in [0.25, 0.3) is 0 Å². The molecule has 0 saturated heterocycles. The average molecular weight is 299 g/mol. The zero-order valence-corrected chi connectivity index (χ0v) is 13.7. The predicted molar refractivity (Wildman–Crippen MR) is 91.0 cm³/mol. The van der Waals surface area contributed by atoms with Crippen molar-refractivity contribution in [1.82, 2.24) is 15.2 Å². The van der Waals surface area contributed by atoms with Crippen LogP contribution in [0.5, 0.6) is 0 Å². The Kier molecular flexibility index (Phi) is 6.13. The van der Waals surface area contributed by atoms with Gasteiger partial charge in [-0.25, -0.2) is 0 Å². The van der Waals surface area contributed by atoms with E-state index in [1.807, 2.05) is 6.07 Å². The third-order valence-electron chi connectivity index (χ3n) is 3.47. The van der Waals surface area contributed by atoms with Crippen LogP contribution in [-0.2, 0) is 6.54 Å². The molecule has 2 rings (SSSR count). The van der Waals surface area contributed by atoms with Crippen LogP contribution in [0, 0.1) is 0 Å². The van der Waals surface area contributed by atoms with Gasteiger partial charge in [0.25, 0.3) is 0 Å². The summed E-state index contributed by atoms with van der Waals surface area (Å²) in [6.45, 7) is 8.18. The summed E-state index contributed by atoms with van der Waals surface area (Å²) in [5.74, 6) is 1.46. The Morgan fingerprint density at radius 1 is 1.18 bits per heavy atom. The molecule has 2 aromatic rings. The normalized spacial score (nSPS) is 10.7. The van der Waals surface area contributed by atoms with Crippen LogP contribution in [0.3, 0.4) is 0 Å². The van der Waals surface area contributed by atoms with Crippen LogP contribution in [0.15, 0.2) is 36.5 Å². The summed E-state index contributed by atoms with van der Waals surface area (Å²) in [4.78, 5) is 6.83. The topological polar surface area (TPSA) is 53.9 Å².